The van der Waals surface area contributed by atoms with Crippen LogP contribution in [0.1, 0.15) is 62.1 Å². The molecule has 4 aliphatic rings. The molecule has 0 radical (unpaired) electrons. The van der Waals surface area contributed by atoms with Gasteiger partial charge in [0, 0.05) is 6.04 Å². The van der Waals surface area contributed by atoms with E-state index in [1.54, 1.807) is 6.92 Å². The monoisotopic (exact) mass is 409 g/mol. The Bertz CT molecular complexity index is 893. The van der Waals surface area contributed by atoms with Crippen molar-refractivity contribution in [3.63, 3.8) is 0 Å². The predicted molar refractivity (Wildman–Crippen MR) is 112 cm³/mol. The Labute approximate surface area is 176 Å². The van der Waals surface area contributed by atoms with Gasteiger partial charge in [-0.05, 0) is 81.1 Å². The van der Waals surface area contributed by atoms with E-state index in [4.69, 9.17) is 5.73 Å². The molecule has 6 nitrogen and oxygen atoms in total. The zero-order chi connectivity index (χ0) is 20.8. The van der Waals surface area contributed by atoms with Gasteiger partial charge < -0.3 is 11.1 Å². The molecule has 0 spiro atoms. The van der Waals surface area contributed by atoms with Crippen molar-refractivity contribution in [3.8, 4) is 12.1 Å². The first kappa shape index (κ1) is 20.0. The zero-order valence-electron chi connectivity index (χ0n) is 17.0. The molecule has 4 saturated carbocycles. The van der Waals surface area contributed by atoms with Crippen LogP contribution in [0.15, 0.2) is 5.03 Å². The van der Waals surface area contributed by atoms with Crippen molar-refractivity contribution >= 4 is 23.5 Å². The van der Waals surface area contributed by atoms with Gasteiger partial charge in [-0.1, -0.05) is 11.8 Å². The van der Waals surface area contributed by atoms with Gasteiger partial charge in [0.25, 0.3) is 0 Å². The molecular formula is C22H27N5OS. The highest BCUT2D eigenvalue weighted by Gasteiger charge is 2.53. The summed E-state index contributed by atoms with van der Waals surface area (Å²) in [5, 5.41) is 22.3. The molecule has 1 unspecified atom stereocenters. The first-order valence-electron chi connectivity index (χ1n) is 10.4. The number of amides is 1. The van der Waals surface area contributed by atoms with E-state index in [0.717, 1.165) is 17.8 Å². The van der Waals surface area contributed by atoms with Gasteiger partial charge in [0.2, 0.25) is 5.91 Å². The topological polar surface area (TPSA) is 116 Å². The van der Waals surface area contributed by atoms with Crippen molar-refractivity contribution in [2.24, 2.45) is 23.2 Å². The van der Waals surface area contributed by atoms with Crippen LogP contribution < -0.4 is 11.1 Å². The predicted octanol–water partition coefficient (Wildman–Crippen LogP) is 3.53. The molecule has 3 N–H and O–H groups in total. The standard InChI is InChI=1S/C22H27N5OS/c1-12-17(9-23)20(25)27-21(18(12)10-24)29-11-19(28)26-13(2)22-6-14-3-15(7-22)5-16(4-14)8-22/h13-16H,3-8,11H2,1-2H3,(H2,25,27)(H,26,28). The molecule has 4 fully saturated rings. The highest BCUT2D eigenvalue weighted by molar-refractivity contribution is 8.00. The summed E-state index contributed by atoms with van der Waals surface area (Å²) in [6, 6.07) is 4.26. The highest BCUT2D eigenvalue weighted by atomic mass is 32.2. The summed E-state index contributed by atoms with van der Waals surface area (Å²) in [4.78, 5) is 16.9. The van der Waals surface area contributed by atoms with E-state index < -0.39 is 0 Å². The largest absolute Gasteiger partial charge is 0.383 e. The number of nitrogens with one attached hydrogen (secondary N) is 1. The molecule has 1 aromatic rings. The van der Waals surface area contributed by atoms with Crippen molar-refractivity contribution in [3.05, 3.63) is 16.7 Å². The Kier molecular flexibility index (Phi) is 5.21. The van der Waals surface area contributed by atoms with Crippen LogP contribution in [0, 0.1) is 52.8 Å². The van der Waals surface area contributed by atoms with Crippen molar-refractivity contribution in [2.45, 2.75) is 63.4 Å². The number of nitriles is 2. The number of nitrogens with two attached hydrogens (primary N) is 1. The number of pyridine rings is 1. The van der Waals surface area contributed by atoms with Gasteiger partial charge in [0.15, 0.2) is 0 Å². The molecule has 0 aliphatic heterocycles. The fraction of sp³-hybridized carbons (Fsp3) is 0.636. The average Bonchev–Trinajstić information content (AvgIpc) is 2.65. The van der Waals surface area contributed by atoms with Gasteiger partial charge in [-0.15, -0.1) is 0 Å². The molecule has 0 aromatic carbocycles. The highest BCUT2D eigenvalue weighted by Crippen LogP contribution is 2.61. The molecule has 4 aliphatic carbocycles. The van der Waals surface area contributed by atoms with Gasteiger partial charge >= 0.3 is 0 Å². The Hall–Kier alpha value is -2.25. The number of carbonyl (C=O) groups is 1. The Balaban J connectivity index is 1.41. The maximum absolute atomic E-state index is 12.7. The number of hydrogen-bond acceptors (Lipinski definition) is 6. The summed E-state index contributed by atoms with van der Waals surface area (Å²) < 4.78 is 0. The molecule has 1 aromatic heterocycles. The number of carbonyl (C=O) groups excluding carboxylic acids is 1. The van der Waals surface area contributed by atoms with Crippen molar-refractivity contribution in [2.75, 3.05) is 11.5 Å². The van der Waals surface area contributed by atoms with Crippen LogP contribution >= 0.6 is 11.8 Å². The molecule has 152 valence electrons. The minimum Gasteiger partial charge on any atom is -0.383 e. The van der Waals surface area contributed by atoms with E-state index in [9.17, 15) is 15.3 Å². The van der Waals surface area contributed by atoms with Crippen molar-refractivity contribution in [1.29, 1.82) is 10.5 Å². The van der Waals surface area contributed by atoms with Crippen LogP contribution in [-0.4, -0.2) is 22.7 Å². The number of nitrogen functional groups attached to an aromatic ring is 1. The molecule has 1 amide bonds. The second-order valence-corrected chi connectivity index (χ2v) is 10.2. The minimum absolute atomic E-state index is 0.0375. The fourth-order valence-corrected chi connectivity index (χ4v) is 7.21. The Morgan fingerprint density at radius 3 is 2.28 bits per heavy atom. The zero-order valence-corrected chi connectivity index (χ0v) is 17.8. The lowest BCUT2D eigenvalue weighted by molar-refractivity contribution is -0.123. The van der Waals surface area contributed by atoms with Gasteiger partial charge in [-0.2, -0.15) is 10.5 Å². The molecule has 5 rings (SSSR count). The number of aromatic nitrogens is 1. The van der Waals surface area contributed by atoms with Crippen LogP contribution in [0.2, 0.25) is 0 Å². The smallest absolute Gasteiger partial charge is 0.230 e. The maximum Gasteiger partial charge on any atom is 0.230 e. The van der Waals surface area contributed by atoms with E-state index in [0.29, 0.717) is 16.2 Å². The second-order valence-electron chi connectivity index (χ2n) is 9.26. The van der Waals surface area contributed by atoms with Crippen LogP contribution in [0.4, 0.5) is 5.82 Å². The fourth-order valence-electron chi connectivity index (χ4n) is 6.35. The SMILES string of the molecule is Cc1c(C#N)c(N)nc(SCC(=O)NC(C)C23CC4CC(CC(C4)C2)C3)c1C#N. The third-order valence-corrected chi connectivity index (χ3v) is 8.36. The summed E-state index contributed by atoms with van der Waals surface area (Å²) in [6.07, 6.45) is 7.91. The lowest BCUT2D eigenvalue weighted by atomic mass is 9.48. The van der Waals surface area contributed by atoms with Gasteiger partial charge in [0.05, 0.1) is 16.9 Å². The van der Waals surface area contributed by atoms with Crippen molar-refractivity contribution in [1.82, 2.24) is 10.3 Å². The van der Waals surface area contributed by atoms with E-state index >= 15 is 0 Å². The summed E-state index contributed by atoms with van der Waals surface area (Å²) >= 11 is 1.21. The number of rotatable bonds is 5. The lowest BCUT2D eigenvalue weighted by Gasteiger charge is -2.59. The number of nitrogens with zero attached hydrogens (tertiary/aromatic N) is 3. The number of hydrogen-bond donors (Lipinski definition) is 2. The minimum atomic E-state index is -0.0375. The first-order valence-corrected chi connectivity index (χ1v) is 11.4. The van der Waals surface area contributed by atoms with Crippen molar-refractivity contribution < 1.29 is 4.79 Å². The second kappa shape index (κ2) is 7.54. The number of anilines is 1. The maximum atomic E-state index is 12.7. The summed E-state index contributed by atoms with van der Waals surface area (Å²) in [5.41, 5.74) is 7.19. The average molecular weight is 410 g/mol. The van der Waals surface area contributed by atoms with E-state index in [1.807, 2.05) is 6.07 Å². The van der Waals surface area contributed by atoms with Gasteiger partial charge in [-0.3, -0.25) is 4.79 Å². The molecule has 7 heteroatoms. The summed E-state index contributed by atoms with van der Waals surface area (Å²) in [6.45, 7) is 3.85. The summed E-state index contributed by atoms with van der Waals surface area (Å²) in [7, 11) is 0. The van der Waals surface area contributed by atoms with Gasteiger partial charge in [0.1, 0.15) is 23.0 Å². The molecule has 4 bridgehead atoms. The van der Waals surface area contributed by atoms with E-state index in [2.05, 4.69) is 23.3 Å². The number of thioether (sulfide) groups is 1. The molecule has 1 atom stereocenters. The molecule has 0 saturated heterocycles. The Morgan fingerprint density at radius 1 is 1.21 bits per heavy atom. The Morgan fingerprint density at radius 2 is 1.76 bits per heavy atom. The van der Waals surface area contributed by atoms with Crippen LogP contribution in [0.25, 0.3) is 0 Å². The molecular weight excluding hydrogens is 382 g/mol. The van der Waals surface area contributed by atoms with Crippen LogP contribution in [0.3, 0.4) is 0 Å². The third kappa shape index (κ3) is 3.57. The van der Waals surface area contributed by atoms with E-state index in [1.165, 1.54) is 50.3 Å². The normalized spacial score (nSPS) is 30.4. The van der Waals surface area contributed by atoms with Gasteiger partial charge in [-0.25, -0.2) is 4.98 Å². The molecule has 1 heterocycles. The third-order valence-electron chi connectivity index (χ3n) is 7.39. The van der Waals surface area contributed by atoms with E-state index in [-0.39, 0.29) is 34.5 Å². The quantitative estimate of drug-likeness (QED) is 0.719. The first-order chi connectivity index (χ1) is 13.8. The molecule has 29 heavy (non-hydrogen) atoms. The van der Waals surface area contributed by atoms with Crippen LogP contribution in [0.5, 0.6) is 0 Å². The summed E-state index contributed by atoms with van der Waals surface area (Å²) in [5.74, 6) is 2.80. The van der Waals surface area contributed by atoms with Crippen LogP contribution in [-0.2, 0) is 4.79 Å². The lowest BCUT2D eigenvalue weighted by Crippen LogP contribution is -2.56.